The molecule has 2 atom stereocenters. The summed E-state index contributed by atoms with van der Waals surface area (Å²) in [5.74, 6) is 1.70. The van der Waals surface area contributed by atoms with Gasteiger partial charge in [-0.3, -0.25) is 4.79 Å². The Bertz CT molecular complexity index is 971. The van der Waals surface area contributed by atoms with Crippen molar-refractivity contribution in [2.24, 2.45) is 0 Å². The van der Waals surface area contributed by atoms with Crippen LogP contribution in [0.15, 0.2) is 58.2 Å². The molecule has 7 heteroatoms. The number of hydrogen-bond donors (Lipinski definition) is 0. The lowest BCUT2D eigenvalue weighted by Gasteiger charge is -2.23. The normalized spacial score (nSPS) is 16.6. The molecular weight excluding hydrogens is 376 g/mol. The molecule has 0 saturated heterocycles. The van der Waals surface area contributed by atoms with E-state index < -0.39 is 6.10 Å². The van der Waals surface area contributed by atoms with E-state index >= 15 is 0 Å². The van der Waals surface area contributed by atoms with Crippen LogP contribution in [0, 0.1) is 0 Å². The smallest absolute Gasteiger partial charge is 0.277 e. The molecule has 0 N–H and O–H groups in total. The number of thioether (sulfide) groups is 1. The van der Waals surface area contributed by atoms with E-state index in [1.165, 1.54) is 17.3 Å². The zero-order valence-corrected chi connectivity index (χ0v) is 16.4. The van der Waals surface area contributed by atoms with Crippen LogP contribution in [0.3, 0.4) is 0 Å². The Balaban J connectivity index is 1.41. The predicted molar refractivity (Wildman–Crippen MR) is 105 cm³/mol. The van der Waals surface area contributed by atoms with Gasteiger partial charge in [0.15, 0.2) is 17.3 Å². The molecule has 2 aromatic carbocycles. The van der Waals surface area contributed by atoms with Crippen molar-refractivity contribution in [2.75, 3.05) is 6.61 Å². The highest BCUT2D eigenvalue weighted by atomic mass is 32.2. The zero-order chi connectivity index (χ0) is 19.5. The summed E-state index contributed by atoms with van der Waals surface area (Å²) in [6.07, 6.45) is 0.477. The van der Waals surface area contributed by atoms with E-state index in [9.17, 15) is 4.79 Å². The molecule has 1 aromatic heterocycles. The number of Topliss-reactive ketones (excluding diaryl/α,β-unsaturated/α-hetero) is 1. The molecule has 0 unspecified atom stereocenters. The summed E-state index contributed by atoms with van der Waals surface area (Å²) < 4.78 is 17.3. The molecule has 6 nitrogen and oxygen atoms in total. The Hall–Kier alpha value is -2.80. The van der Waals surface area contributed by atoms with Gasteiger partial charge in [0.05, 0.1) is 5.25 Å². The van der Waals surface area contributed by atoms with Crippen LogP contribution in [0.4, 0.5) is 0 Å². The highest BCUT2D eigenvalue weighted by Gasteiger charge is 2.28. The van der Waals surface area contributed by atoms with E-state index in [2.05, 4.69) is 17.1 Å². The lowest BCUT2D eigenvalue weighted by Crippen LogP contribution is -2.21. The van der Waals surface area contributed by atoms with Crippen LogP contribution in [0.2, 0.25) is 0 Å². The van der Waals surface area contributed by atoms with Gasteiger partial charge in [-0.15, -0.1) is 10.2 Å². The maximum absolute atomic E-state index is 12.6. The van der Waals surface area contributed by atoms with Gasteiger partial charge in [-0.1, -0.05) is 55.1 Å². The van der Waals surface area contributed by atoms with Gasteiger partial charge in [0.1, 0.15) is 6.61 Å². The lowest BCUT2D eigenvalue weighted by molar-refractivity contribution is 0.0686. The Morgan fingerprint density at radius 3 is 2.64 bits per heavy atom. The maximum atomic E-state index is 12.6. The van der Waals surface area contributed by atoms with Crippen molar-refractivity contribution in [1.82, 2.24) is 10.2 Å². The molecule has 0 fully saturated rings. The minimum absolute atomic E-state index is 0.0265. The molecule has 28 heavy (non-hydrogen) atoms. The van der Waals surface area contributed by atoms with Crippen molar-refractivity contribution in [3.05, 3.63) is 65.5 Å². The SMILES string of the molecule is CCc1ccc(C(=O)[C@H](C)Sc2nnc([C@H]3COc4ccccc4O3)o2)cc1. The summed E-state index contributed by atoms with van der Waals surface area (Å²) in [7, 11) is 0. The van der Waals surface area contributed by atoms with Crippen LogP contribution < -0.4 is 9.47 Å². The van der Waals surface area contributed by atoms with E-state index in [1.54, 1.807) is 0 Å². The van der Waals surface area contributed by atoms with Gasteiger partial charge in [-0.05, 0) is 31.0 Å². The summed E-state index contributed by atoms with van der Waals surface area (Å²) in [6, 6.07) is 15.1. The number of nitrogens with zero attached hydrogens (tertiary/aromatic N) is 2. The topological polar surface area (TPSA) is 74.5 Å². The van der Waals surface area contributed by atoms with Crippen molar-refractivity contribution in [3.63, 3.8) is 0 Å². The molecule has 0 amide bonds. The minimum atomic E-state index is -0.468. The second-order valence-corrected chi connectivity index (χ2v) is 7.74. The van der Waals surface area contributed by atoms with E-state index in [4.69, 9.17) is 13.9 Å². The maximum Gasteiger partial charge on any atom is 0.277 e. The first-order valence-corrected chi connectivity index (χ1v) is 10.0. The number of carbonyl (C=O) groups is 1. The Morgan fingerprint density at radius 1 is 1.14 bits per heavy atom. The van der Waals surface area contributed by atoms with E-state index in [0.717, 1.165) is 6.42 Å². The number of hydrogen-bond acceptors (Lipinski definition) is 7. The van der Waals surface area contributed by atoms with Crippen LogP contribution in [0.25, 0.3) is 0 Å². The molecule has 0 spiro atoms. The van der Waals surface area contributed by atoms with Crippen LogP contribution in [0.5, 0.6) is 11.5 Å². The van der Waals surface area contributed by atoms with Gasteiger partial charge in [-0.25, -0.2) is 0 Å². The standard InChI is InChI=1S/C21H20N2O4S/c1-3-14-8-10-15(11-9-14)19(24)13(2)28-21-23-22-20(27-21)18-12-25-16-6-4-5-7-17(16)26-18/h4-11,13,18H,3,12H2,1-2H3/t13-,18+/m0/s1. The van der Waals surface area contributed by atoms with Crippen LogP contribution in [-0.4, -0.2) is 27.8 Å². The second-order valence-electron chi connectivity index (χ2n) is 6.45. The summed E-state index contributed by atoms with van der Waals surface area (Å²) >= 11 is 1.24. The molecule has 4 rings (SSSR count). The Kier molecular flexibility index (Phi) is 5.34. The fourth-order valence-electron chi connectivity index (χ4n) is 2.88. The van der Waals surface area contributed by atoms with Gasteiger partial charge in [0, 0.05) is 5.56 Å². The molecule has 0 bridgehead atoms. The number of carbonyl (C=O) groups excluding carboxylic acids is 1. The fraction of sp³-hybridized carbons (Fsp3) is 0.286. The molecule has 0 aliphatic carbocycles. The van der Waals surface area contributed by atoms with Crippen molar-refractivity contribution >= 4 is 17.5 Å². The fourth-order valence-corrected chi connectivity index (χ4v) is 3.65. The average molecular weight is 396 g/mol. The predicted octanol–water partition coefficient (Wildman–Crippen LogP) is 4.51. The third-order valence-electron chi connectivity index (χ3n) is 4.50. The molecule has 0 radical (unpaired) electrons. The third-order valence-corrected chi connectivity index (χ3v) is 5.43. The van der Waals surface area contributed by atoms with E-state index in [0.29, 0.717) is 34.8 Å². The number of para-hydroxylation sites is 2. The van der Waals surface area contributed by atoms with Gasteiger partial charge in [0.2, 0.25) is 6.10 Å². The number of rotatable bonds is 6. The number of ether oxygens (including phenoxy) is 2. The van der Waals surface area contributed by atoms with Crippen molar-refractivity contribution in [1.29, 1.82) is 0 Å². The number of aryl methyl sites for hydroxylation is 1. The Labute approximate surface area is 167 Å². The van der Waals surface area contributed by atoms with Gasteiger partial charge in [0.25, 0.3) is 11.1 Å². The number of benzene rings is 2. The average Bonchev–Trinajstić information content (AvgIpc) is 3.21. The van der Waals surface area contributed by atoms with Crippen LogP contribution >= 0.6 is 11.8 Å². The molecule has 2 heterocycles. The highest BCUT2D eigenvalue weighted by molar-refractivity contribution is 8.00. The van der Waals surface area contributed by atoms with Crippen molar-refractivity contribution < 1.29 is 18.7 Å². The molecule has 144 valence electrons. The van der Waals surface area contributed by atoms with Crippen molar-refractivity contribution in [3.8, 4) is 11.5 Å². The monoisotopic (exact) mass is 396 g/mol. The molecule has 1 aliphatic heterocycles. The van der Waals surface area contributed by atoms with E-state index in [1.807, 2.05) is 55.5 Å². The summed E-state index contributed by atoms with van der Waals surface area (Å²) in [5, 5.41) is 8.11. The summed E-state index contributed by atoms with van der Waals surface area (Å²) in [4.78, 5) is 12.6. The summed E-state index contributed by atoms with van der Waals surface area (Å²) in [6.45, 7) is 4.21. The Morgan fingerprint density at radius 2 is 1.89 bits per heavy atom. The largest absolute Gasteiger partial charge is 0.485 e. The first kappa shape index (κ1) is 18.6. The van der Waals surface area contributed by atoms with Crippen molar-refractivity contribution in [2.45, 2.75) is 36.8 Å². The second kappa shape index (κ2) is 8.06. The first-order valence-electron chi connectivity index (χ1n) is 9.15. The number of fused-ring (bicyclic) bond motifs is 1. The molecule has 1 aliphatic rings. The third kappa shape index (κ3) is 3.89. The van der Waals surface area contributed by atoms with E-state index in [-0.39, 0.29) is 11.0 Å². The number of aromatic nitrogens is 2. The highest BCUT2D eigenvalue weighted by Crippen LogP contribution is 2.36. The van der Waals surface area contributed by atoms with Crippen LogP contribution in [-0.2, 0) is 6.42 Å². The quantitative estimate of drug-likeness (QED) is 0.448. The first-order chi connectivity index (χ1) is 13.6. The van der Waals surface area contributed by atoms with Gasteiger partial charge < -0.3 is 13.9 Å². The number of ketones is 1. The lowest BCUT2D eigenvalue weighted by atomic mass is 10.1. The zero-order valence-electron chi connectivity index (χ0n) is 15.6. The summed E-state index contributed by atoms with van der Waals surface area (Å²) in [5.41, 5.74) is 1.88. The van der Waals surface area contributed by atoms with Crippen LogP contribution in [0.1, 0.15) is 41.8 Å². The molecule has 0 saturated carbocycles. The minimum Gasteiger partial charge on any atom is -0.485 e. The molecule has 3 aromatic rings. The van der Waals surface area contributed by atoms with Gasteiger partial charge in [-0.2, -0.15) is 0 Å². The molecular formula is C21H20N2O4S. The van der Waals surface area contributed by atoms with Gasteiger partial charge >= 0.3 is 0 Å².